The summed E-state index contributed by atoms with van der Waals surface area (Å²) in [5, 5.41) is 3.35. The van der Waals surface area contributed by atoms with E-state index in [0.29, 0.717) is 17.3 Å². The molecule has 0 aliphatic carbocycles. The van der Waals surface area contributed by atoms with Crippen LogP contribution in [0.4, 0.5) is 5.69 Å². The Morgan fingerprint density at radius 1 is 0.889 bits per heavy atom. The van der Waals surface area contributed by atoms with Crippen molar-refractivity contribution in [3.63, 3.8) is 0 Å². The van der Waals surface area contributed by atoms with Crippen LogP contribution in [0.2, 0.25) is 5.02 Å². The van der Waals surface area contributed by atoms with Crippen molar-refractivity contribution in [1.82, 2.24) is 10.2 Å². The number of aryl methyl sites for hydroxylation is 1. The fraction of sp³-hybridized carbons (Fsp3) is 0.321. The lowest BCUT2D eigenvalue weighted by Crippen LogP contribution is -2.40. The van der Waals surface area contributed by atoms with Gasteiger partial charge in [-0.15, -0.1) is 0 Å². The quantitative estimate of drug-likeness (QED) is 0.419. The van der Waals surface area contributed by atoms with E-state index in [1.807, 2.05) is 19.1 Å². The second-order valence-corrected chi connectivity index (χ2v) is 11.5. The van der Waals surface area contributed by atoms with Crippen molar-refractivity contribution < 1.29 is 13.2 Å². The first-order valence-corrected chi connectivity index (χ1v) is 14.0. The van der Waals surface area contributed by atoms with Crippen molar-refractivity contribution in [2.45, 2.75) is 44.2 Å². The Balaban J connectivity index is 1.42. The normalized spacial score (nSPS) is 14.4. The number of halogens is 1. The first-order chi connectivity index (χ1) is 17.3. The smallest absolute Gasteiger partial charge is 0.264 e. The minimum Gasteiger partial charge on any atom is -0.350 e. The number of nitrogens with one attached hydrogen (secondary N) is 1. The first kappa shape index (κ1) is 26.2. The van der Waals surface area contributed by atoms with Crippen LogP contribution in [0.5, 0.6) is 0 Å². The second-order valence-electron chi connectivity index (χ2n) is 9.23. The van der Waals surface area contributed by atoms with Crippen LogP contribution in [0.15, 0.2) is 77.7 Å². The molecule has 1 N–H and O–H groups in total. The molecular weight excluding hydrogens is 494 g/mol. The fourth-order valence-corrected chi connectivity index (χ4v) is 5.83. The Kier molecular flexibility index (Phi) is 8.67. The number of likely N-dealkylation sites (tertiary alicyclic amines) is 1. The van der Waals surface area contributed by atoms with E-state index in [0.717, 1.165) is 35.1 Å². The molecule has 0 bridgehead atoms. The average Bonchev–Trinajstić information content (AvgIpc) is 2.88. The molecular formula is C28H32ClN3O3S. The highest BCUT2D eigenvalue weighted by Crippen LogP contribution is 2.25. The molecule has 0 atom stereocenters. The van der Waals surface area contributed by atoms with E-state index >= 15 is 0 Å². The zero-order valence-electron chi connectivity index (χ0n) is 20.5. The van der Waals surface area contributed by atoms with Gasteiger partial charge in [0.05, 0.1) is 10.6 Å². The molecule has 1 aliphatic heterocycles. The van der Waals surface area contributed by atoms with E-state index in [2.05, 4.69) is 22.3 Å². The maximum atomic E-state index is 13.4. The number of sulfonamides is 1. The number of hydrogen-bond acceptors (Lipinski definition) is 4. The molecule has 36 heavy (non-hydrogen) atoms. The Morgan fingerprint density at radius 2 is 1.50 bits per heavy atom. The van der Waals surface area contributed by atoms with Crippen LogP contribution in [0.25, 0.3) is 0 Å². The summed E-state index contributed by atoms with van der Waals surface area (Å²) in [7, 11) is -3.96. The third kappa shape index (κ3) is 6.87. The number of carbonyl (C=O) groups is 1. The van der Waals surface area contributed by atoms with E-state index < -0.39 is 15.9 Å². The number of amides is 1. The summed E-state index contributed by atoms with van der Waals surface area (Å²) < 4.78 is 28.0. The van der Waals surface area contributed by atoms with Gasteiger partial charge in [-0.1, -0.05) is 60.0 Å². The van der Waals surface area contributed by atoms with Crippen molar-refractivity contribution >= 4 is 33.2 Å². The topological polar surface area (TPSA) is 69.7 Å². The summed E-state index contributed by atoms with van der Waals surface area (Å²) >= 11 is 6.00. The average molecular weight is 526 g/mol. The molecule has 1 saturated heterocycles. The maximum Gasteiger partial charge on any atom is 0.264 e. The van der Waals surface area contributed by atoms with Crippen LogP contribution in [0, 0.1) is 6.92 Å². The number of rotatable bonds is 9. The van der Waals surface area contributed by atoms with Gasteiger partial charge in [0.2, 0.25) is 5.91 Å². The van der Waals surface area contributed by atoms with Crippen LogP contribution in [0.3, 0.4) is 0 Å². The predicted molar refractivity (Wildman–Crippen MR) is 145 cm³/mol. The number of anilines is 1. The highest BCUT2D eigenvalue weighted by atomic mass is 35.5. The monoisotopic (exact) mass is 525 g/mol. The van der Waals surface area contributed by atoms with Crippen LogP contribution in [-0.2, 0) is 27.9 Å². The molecule has 0 unspecified atom stereocenters. The van der Waals surface area contributed by atoms with Crippen LogP contribution >= 0.6 is 11.6 Å². The van der Waals surface area contributed by atoms with Gasteiger partial charge in [-0.25, -0.2) is 8.42 Å². The third-order valence-electron chi connectivity index (χ3n) is 6.38. The zero-order valence-corrected chi connectivity index (χ0v) is 22.1. The van der Waals surface area contributed by atoms with Crippen molar-refractivity contribution in [2.75, 3.05) is 23.9 Å². The molecule has 4 rings (SSSR count). The minimum absolute atomic E-state index is 0.125. The van der Waals surface area contributed by atoms with Crippen molar-refractivity contribution in [1.29, 1.82) is 0 Å². The minimum atomic E-state index is -3.96. The van der Waals surface area contributed by atoms with Gasteiger partial charge in [0.1, 0.15) is 6.54 Å². The molecule has 0 spiro atoms. The molecule has 0 saturated carbocycles. The lowest BCUT2D eigenvalue weighted by atomic mass is 10.1. The third-order valence-corrected chi connectivity index (χ3v) is 8.42. The molecule has 3 aromatic carbocycles. The number of nitrogens with zero attached hydrogens (tertiary/aromatic N) is 2. The Morgan fingerprint density at radius 3 is 2.14 bits per heavy atom. The summed E-state index contributed by atoms with van der Waals surface area (Å²) in [6, 6.07) is 21.2. The van der Waals surface area contributed by atoms with E-state index in [4.69, 9.17) is 11.6 Å². The highest BCUT2D eigenvalue weighted by molar-refractivity contribution is 7.92. The Hall–Kier alpha value is -2.87. The largest absolute Gasteiger partial charge is 0.350 e. The summed E-state index contributed by atoms with van der Waals surface area (Å²) in [6.45, 7) is 5.11. The van der Waals surface area contributed by atoms with Gasteiger partial charge in [0.25, 0.3) is 10.0 Å². The van der Waals surface area contributed by atoms with E-state index in [1.165, 1.54) is 24.8 Å². The molecule has 0 radical (unpaired) electrons. The summed E-state index contributed by atoms with van der Waals surface area (Å²) in [4.78, 5) is 15.5. The number of hydrogen-bond donors (Lipinski definition) is 1. The molecule has 1 heterocycles. The maximum absolute atomic E-state index is 13.4. The molecule has 190 valence electrons. The van der Waals surface area contributed by atoms with Gasteiger partial charge in [-0.05, 0) is 80.4 Å². The van der Waals surface area contributed by atoms with E-state index in [1.54, 1.807) is 48.5 Å². The first-order valence-electron chi connectivity index (χ1n) is 12.2. The number of carbonyl (C=O) groups excluding carboxylic acids is 1. The second kappa shape index (κ2) is 11.9. The molecule has 1 aliphatic rings. The van der Waals surface area contributed by atoms with Gasteiger partial charge in [0, 0.05) is 18.1 Å². The summed E-state index contributed by atoms with van der Waals surface area (Å²) in [5.74, 6) is -0.391. The molecule has 8 heteroatoms. The summed E-state index contributed by atoms with van der Waals surface area (Å²) in [6.07, 6.45) is 3.84. The van der Waals surface area contributed by atoms with Crippen molar-refractivity contribution in [3.05, 3.63) is 94.5 Å². The van der Waals surface area contributed by atoms with Gasteiger partial charge >= 0.3 is 0 Å². The molecule has 0 aromatic heterocycles. The van der Waals surface area contributed by atoms with Gasteiger partial charge in [-0.3, -0.25) is 14.0 Å². The SMILES string of the molecule is Cc1ccc(S(=O)(=O)N(CC(=O)NCc2ccc(CN3CCCCC3)cc2)c2ccc(Cl)cc2)cc1. The standard InChI is InChI=1S/C28H32ClN3O3S/c1-22-5-15-27(16-6-22)36(34,35)32(26-13-11-25(29)12-14-26)21-28(33)30-19-23-7-9-24(10-8-23)20-31-17-3-2-4-18-31/h5-16H,2-4,17-21H2,1H3,(H,30,33). The van der Waals surface area contributed by atoms with E-state index in [-0.39, 0.29) is 11.4 Å². The van der Waals surface area contributed by atoms with E-state index in [9.17, 15) is 13.2 Å². The van der Waals surface area contributed by atoms with Crippen LogP contribution in [0.1, 0.15) is 36.0 Å². The molecule has 6 nitrogen and oxygen atoms in total. The van der Waals surface area contributed by atoms with Crippen LogP contribution in [-0.4, -0.2) is 38.9 Å². The zero-order chi connectivity index (χ0) is 25.5. The van der Waals surface area contributed by atoms with Gasteiger partial charge in [-0.2, -0.15) is 0 Å². The lowest BCUT2D eigenvalue weighted by molar-refractivity contribution is -0.119. The van der Waals surface area contributed by atoms with Gasteiger partial charge in [0.15, 0.2) is 0 Å². The number of benzene rings is 3. The van der Waals surface area contributed by atoms with Gasteiger partial charge < -0.3 is 5.32 Å². The van der Waals surface area contributed by atoms with Crippen LogP contribution < -0.4 is 9.62 Å². The fourth-order valence-electron chi connectivity index (χ4n) is 4.29. The molecule has 3 aromatic rings. The highest BCUT2D eigenvalue weighted by Gasteiger charge is 2.27. The number of piperidine rings is 1. The molecule has 1 amide bonds. The van der Waals surface area contributed by atoms with Crippen molar-refractivity contribution in [3.8, 4) is 0 Å². The Labute approximate surface area is 218 Å². The predicted octanol–water partition coefficient (Wildman–Crippen LogP) is 5.15. The lowest BCUT2D eigenvalue weighted by Gasteiger charge is -2.26. The summed E-state index contributed by atoms with van der Waals surface area (Å²) in [5.41, 5.74) is 3.54. The van der Waals surface area contributed by atoms with Crippen molar-refractivity contribution in [2.24, 2.45) is 0 Å². The Bertz CT molecular complexity index is 1250. The molecule has 1 fully saturated rings.